The van der Waals surface area contributed by atoms with Gasteiger partial charge in [0.05, 0.1) is 0 Å². The highest BCUT2D eigenvalue weighted by molar-refractivity contribution is 7.89. The van der Waals surface area contributed by atoms with Gasteiger partial charge in [0.2, 0.25) is 10.0 Å². The zero-order valence-corrected chi connectivity index (χ0v) is 10.1. The monoisotopic (exact) mass is 244 g/mol. The lowest BCUT2D eigenvalue weighted by atomic mass is 10.3. The van der Waals surface area contributed by atoms with Crippen LogP contribution in [0.2, 0.25) is 0 Å². The minimum atomic E-state index is -3.67. The van der Waals surface area contributed by atoms with Crippen LogP contribution in [0.1, 0.15) is 6.92 Å². The molecule has 0 bridgehead atoms. The van der Waals surface area contributed by atoms with Crippen molar-refractivity contribution in [3.05, 3.63) is 18.3 Å². The van der Waals surface area contributed by atoms with Crippen molar-refractivity contribution in [1.29, 1.82) is 0 Å². The first-order valence-electron chi connectivity index (χ1n) is 4.76. The van der Waals surface area contributed by atoms with Gasteiger partial charge in [-0.2, -0.15) is 0 Å². The molecule has 0 spiro atoms. The standard InChI is InChI=1S/C9H16N4O2S/c1-7(10)6-13(2)9-4-3-8(5-12-9)16(11,14)15/h3-5,7H,6,10H2,1-2H3,(H2,11,14,15). The van der Waals surface area contributed by atoms with Crippen molar-refractivity contribution in [2.45, 2.75) is 17.9 Å². The van der Waals surface area contributed by atoms with Crippen molar-refractivity contribution in [3.8, 4) is 0 Å². The number of nitrogens with zero attached hydrogens (tertiary/aromatic N) is 2. The summed E-state index contributed by atoms with van der Waals surface area (Å²) < 4.78 is 22.0. The molecule has 0 radical (unpaired) electrons. The second-order valence-corrected chi connectivity index (χ2v) is 5.32. The largest absolute Gasteiger partial charge is 0.358 e. The average Bonchev–Trinajstić information content (AvgIpc) is 2.15. The molecule has 1 atom stereocenters. The summed E-state index contributed by atoms with van der Waals surface area (Å²) in [4.78, 5) is 5.86. The third kappa shape index (κ3) is 3.44. The van der Waals surface area contributed by atoms with E-state index in [1.807, 2.05) is 18.9 Å². The van der Waals surface area contributed by atoms with Gasteiger partial charge in [-0.1, -0.05) is 0 Å². The fourth-order valence-corrected chi connectivity index (χ4v) is 1.75. The van der Waals surface area contributed by atoms with E-state index in [1.54, 1.807) is 6.07 Å². The molecule has 1 heterocycles. The van der Waals surface area contributed by atoms with Crippen molar-refractivity contribution in [1.82, 2.24) is 4.98 Å². The number of nitrogens with two attached hydrogens (primary N) is 2. The minimum absolute atomic E-state index is 0.00504. The molecule has 4 N–H and O–H groups in total. The van der Waals surface area contributed by atoms with E-state index in [-0.39, 0.29) is 10.9 Å². The number of hydrogen-bond donors (Lipinski definition) is 2. The summed E-state index contributed by atoms with van der Waals surface area (Å²) >= 11 is 0. The first-order valence-corrected chi connectivity index (χ1v) is 6.31. The Morgan fingerprint density at radius 1 is 1.50 bits per heavy atom. The number of anilines is 1. The number of rotatable bonds is 4. The summed E-state index contributed by atoms with van der Waals surface area (Å²) in [6, 6.07) is 3.04. The molecule has 7 heteroatoms. The van der Waals surface area contributed by atoms with E-state index in [2.05, 4.69) is 4.98 Å². The van der Waals surface area contributed by atoms with Gasteiger partial charge in [-0.15, -0.1) is 0 Å². The van der Waals surface area contributed by atoms with Crippen LogP contribution in [-0.4, -0.2) is 33.0 Å². The number of primary sulfonamides is 1. The van der Waals surface area contributed by atoms with E-state index in [9.17, 15) is 8.42 Å². The van der Waals surface area contributed by atoms with Crippen LogP contribution >= 0.6 is 0 Å². The van der Waals surface area contributed by atoms with Gasteiger partial charge >= 0.3 is 0 Å². The molecular weight excluding hydrogens is 228 g/mol. The molecule has 1 aromatic heterocycles. The first-order chi connectivity index (χ1) is 7.30. The summed E-state index contributed by atoms with van der Waals surface area (Å²) in [6.07, 6.45) is 1.24. The summed E-state index contributed by atoms with van der Waals surface area (Å²) in [6.45, 7) is 2.52. The molecule has 0 saturated heterocycles. The maximum absolute atomic E-state index is 11.0. The molecule has 0 aliphatic heterocycles. The molecule has 0 amide bonds. The molecule has 0 fully saturated rings. The van der Waals surface area contributed by atoms with Crippen LogP contribution < -0.4 is 15.8 Å². The van der Waals surface area contributed by atoms with Crippen molar-refractivity contribution >= 4 is 15.8 Å². The van der Waals surface area contributed by atoms with E-state index in [1.165, 1.54) is 12.3 Å². The summed E-state index contributed by atoms with van der Waals surface area (Å²) in [7, 11) is -1.84. The summed E-state index contributed by atoms with van der Waals surface area (Å²) in [5.41, 5.74) is 5.64. The van der Waals surface area contributed by atoms with E-state index in [4.69, 9.17) is 10.9 Å². The third-order valence-corrected chi connectivity index (χ3v) is 2.90. The fourth-order valence-electron chi connectivity index (χ4n) is 1.29. The number of pyridine rings is 1. The maximum atomic E-state index is 11.0. The van der Waals surface area contributed by atoms with Gasteiger partial charge in [-0.3, -0.25) is 0 Å². The van der Waals surface area contributed by atoms with Crippen LogP contribution in [-0.2, 0) is 10.0 Å². The van der Waals surface area contributed by atoms with E-state index >= 15 is 0 Å². The van der Waals surface area contributed by atoms with Crippen LogP contribution in [0, 0.1) is 0 Å². The minimum Gasteiger partial charge on any atom is -0.358 e. The Labute approximate surface area is 95.3 Å². The maximum Gasteiger partial charge on any atom is 0.239 e. The van der Waals surface area contributed by atoms with Gasteiger partial charge < -0.3 is 10.6 Å². The average molecular weight is 244 g/mol. The highest BCUT2D eigenvalue weighted by Crippen LogP contribution is 2.12. The molecule has 1 rings (SSSR count). The highest BCUT2D eigenvalue weighted by Gasteiger charge is 2.09. The molecule has 90 valence electrons. The zero-order chi connectivity index (χ0) is 12.3. The highest BCUT2D eigenvalue weighted by atomic mass is 32.2. The normalized spacial score (nSPS) is 13.5. The Balaban J connectivity index is 2.87. The van der Waals surface area contributed by atoms with Crippen LogP contribution in [0.15, 0.2) is 23.2 Å². The SMILES string of the molecule is CC(N)CN(C)c1ccc(S(N)(=O)=O)cn1. The fraction of sp³-hybridized carbons (Fsp3) is 0.444. The predicted molar refractivity (Wildman–Crippen MR) is 62.5 cm³/mol. The van der Waals surface area contributed by atoms with Crippen LogP contribution in [0.25, 0.3) is 0 Å². The molecular formula is C9H16N4O2S. The van der Waals surface area contributed by atoms with E-state index in [0.29, 0.717) is 12.4 Å². The van der Waals surface area contributed by atoms with Crippen LogP contribution in [0.5, 0.6) is 0 Å². The van der Waals surface area contributed by atoms with E-state index in [0.717, 1.165) is 0 Å². The molecule has 1 unspecified atom stereocenters. The molecule has 6 nitrogen and oxygen atoms in total. The Kier molecular flexibility index (Phi) is 3.84. The molecule has 0 aromatic carbocycles. The van der Waals surface area contributed by atoms with Crippen molar-refractivity contribution in [2.24, 2.45) is 10.9 Å². The lowest BCUT2D eigenvalue weighted by molar-refractivity contribution is 0.597. The zero-order valence-electron chi connectivity index (χ0n) is 9.29. The smallest absolute Gasteiger partial charge is 0.239 e. The Bertz CT molecular complexity index is 441. The van der Waals surface area contributed by atoms with Crippen molar-refractivity contribution < 1.29 is 8.42 Å². The quantitative estimate of drug-likeness (QED) is 0.744. The molecule has 0 aliphatic carbocycles. The number of sulfonamides is 1. The topological polar surface area (TPSA) is 102 Å². The Hall–Kier alpha value is -1.18. The third-order valence-electron chi connectivity index (χ3n) is 2.00. The van der Waals surface area contributed by atoms with Gasteiger partial charge in [0.15, 0.2) is 0 Å². The van der Waals surface area contributed by atoms with Gasteiger partial charge in [0.25, 0.3) is 0 Å². The first kappa shape index (κ1) is 12.9. The van der Waals surface area contributed by atoms with E-state index < -0.39 is 10.0 Å². The lowest BCUT2D eigenvalue weighted by Crippen LogP contribution is -2.33. The predicted octanol–water partition coefficient (Wildman–Crippen LogP) is -0.488. The van der Waals surface area contributed by atoms with Crippen LogP contribution in [0.3, 0.4) is 0 Å². The van der Waals surface area contributed by atoms with Gasteiger partial charge in [-0.05, 0) is 19.1 Å². The van der Waals surface area contributed by atoms with Crippen molar-refractivity contribution in [3.63, 3.8) is 0 Å². The number of hydrogen-bond acceptors (Lipinski definition) is 5. The van der Waals surface area contributed by atoms with Crippen LogP contribution in [0.4, 0.5) is 5.82 Å². The molecule has 0 saturated carbocycles. The summed E-state index contributed by atoms with van der Waals surface area (Å²) in [5, 5.41) is 4.96. The second-order valence-electron chi connectivity index (χ2n) is 3.75. The lowest BCUT2D eigenvalue weighted by Gasteiger charge is -2.20. The molecule has 1 aromatic rings. The second kappa shape index (κ2) is 4.77. The Morgan fingerprint density at radius 3 is 2.50 bits per heavy atom. The van der Waals surface area contributed by atoms with Gasteiger partial charge in [0.1, 0.15) is 10.7 Å². The van der Waals surface area contributed by atoms with Gasteiger partial charge in [-0.25, -0.2) is 18.5 Å². The molecule has 16 heavy (non-hydrogen) atoms. The van der Waals surface area contributed by atoms with Gasteiger partial charge in [0, 0.05) is 25.8 Å². The summed E-state index contributed by atoms with van der Waals surface area (Å²) in [5.74, 6) is 0.657. The number of likely N-dealkylation sites (N-methyl/N-ethyl adjacent to an activating group) is 1. The number of aromatic nitrogens is 1. The molecule has 0 aliphatic rings. The van der Waals surface area contributed by atoms with Crippen molar-refractivity contribution in [2.75, 3.05) is 18.5 Å². The Morgan fingerprint density at radius 2 is 2.12 bits per heavy atom.